The number of nitrogens with two attached hydrogens (primary N) is 1. The standard InChI is InChI=1S/C14H25N3/c1-12-13(7-6-10-15)11-16-17(12)14-8-4-2-3-5-9-14/h11,14H,2-10,15H2,1H3. The minimum absolute atomic E-state index is 0.643. The van der Waals surface area contributed by atoms with E-state index < -0.39 is 0 Å². The van der Waals surface area contributed by atoms with E-state index in [9.17, 15) is 0 Å². The summed E-state index contributed by atoms with van der Waals surface area (Å²) < 4.78 is 2.27. The molecular weight excluding hydrogens is 210 g/mol. The zero-order chi connectivity index (χ0) is 12.1. The first-order chi connectivity index (χ1) is 8.33. The van der Waals surface area contributed by atoms with Crippen LogP contribution in [0.3, 0.4) is 0 Å². The number of hydrogen-bond donors (Lipinski definition) is 1. The van der Waals surface area contributed by atoms with E-state index in [4.69, 9.17) is 5.73 Å². The second kappa shape index (κ2) is 6.20. The summed E-state index contributed by atoms with van der Waals surface area (Å²) in [6.45, 7) is 2.98. The van der Waals surface area contributed by atoms with Gasteiger partial charge in [-0.25, -0.2) is 0 Å². The van der Waals surface area contributed by atoms with Gasteiger partial charge in [-0.1, -0.05) is 25.7 Å². The Bertz CT molecular complexity index is 335. The lowest BCUT2D eigenvalue weighted by molar-refractivity contribution is 0.397. The Kier molecular flexibility index (Phi) is 4.60. The van der Waals surface area contributed by atoms with Gasteiger partial charge in [0.2, 0.25) is 0 Å². The van der Waals surface area contributed by atoms with Gasteiger partial charge in [-0.05, 0) is 44.7 Å². The number of nitrogens with zero attached hydrogens (tertiary/aromatic N) is 2. The van der Waals surface area contributed by atoms with Crippen molar-refractivity contribution in [3.05, 3.63) is 17.5 Å². The lowest BCUT2D eigenvalue weighted by atomic mass is 10.1. The Morgan fingerprint density at radius 1 is 1.29 bits per heavy atom. The van der Waals surface area contributed by atoms with E-state index in [1.54, 1.807) is 0 Å². The van der Waals surface area contributed by atoms with E-state index in [0.29, 0.717) is 6.04 Å². The van der Waals surface area contributed by atoms with E-state index in [-0.39, 0.29) is 0 Å². The van der Waals surface area contributed by atoms with Crippen LogP contribution in [-0.2, 0) is 6.42 Å². The van der Waals surface area contributed by atoms with Crippen molar-refractivity contribution < 1.29 is 0 Å². The molecule has 0 aliphatic heterocycles. The molecule has 0 saturated heterocycles. The summed E-state index contributed by atoms with van der Waals surface area (Å²) in [6.07, 6.45) is 12.3. The number of aromatic nitrogens is 2. The summed E-state index contributed by atoms with van der Waals surface area (Å²) in [4.78, 5) is 0. The summed E-state index contributed by atoms with van der Waals surface area (Å²) in [5, 5.41) is 4.61. The van der Waals surface area contributed by atoms with Crippen molar-refractivity contribution in [1.82, 2.24) is 9.78 Å². The quantitative estimate of drug-likeness (QED) is 0.815. The summed E-state index contributed by atoms with van der Waals surface area (Å²) in [7, 11) is 0. The van der Waals surface area contributed by atoms with Crippen LogP contribution < -0.4 is 5.73 Å². The molecule has 1 aromatic heterocycles. The molecule has 1 saturated carbocycles. The molecule has 1 aromatic rings. The monoisotopic (exact) mass is 235 g/mol. The van der Waals surface area contributed by atoms with Crippen molar-refractivity contribution in [3.63, 3.8) is 0 Å². The van der Waals surface area contributed by atoms with Crippen LogP contribution in [0, 0.1) is 6.92 Å². The summed E-state index contributed by atoms with van der Waals surface area (Å²) in [6, 6.07) is 0.643. The van der Waals surface area contributed by atoms with Crippen molar-refractivity contribution in [3.8, 4) is 0 Å². The van der Waals surface area contributed by atoms with E-state index >= 15 is 0 Å². The van der Waals surface area contributed by atoms with Crippen molar-refractivity contribution in [2.75, 3.05) is 6.54 Å². The third-order valence-corrected chi connectivity index (χ3v) is 3.97. The largest absolute Gasteiger partial charge is 0.330 e. The van der Waals surface area contributed by atoms with E-state index in [1.165, 1.54) is 49.8 Å². The molecule has 0 atom stereocenters. The Labute approximate surface area is 104 Å². The highest BCUT2D eigenvalue weighted by Gasteiger charge is 2.17. The summed E-state index contributed by atoms with van der Waals surface area (Å²) in [5.74, 6) is 0. The van der Waals surface area contributed by atoms with Crippen LogP contribution in [0.2, 0.25) is 0 Å². The molecule has 0 spiro atoms. The predicted molar refractivity (Wildman–Crippen MR) is 71.1 cm³/mol. The zero-order valence-electron chi connectivity index (χ0n) is 11.0. The van der Waals surface area contributed by atoms with Gasteiger partial charge in [0, 0.05) is 5.69 Å². The van der Waals surface area contributed by atoms with Gasteiger partial charge in [0.1, 0.15) is 0 Å². The molecule has 0 aromatic carbocycles. The number of hydrogen-bond acceptors (Lipinski definition) is 2. The minimum Gasteiger partial charge on any atom is -0.330 e. The van der Waals surface area contributed by atoms with Crippen LogP contribution in [0.5, 0.6) is 0 Å². The van der Waals surface area contributed by atoms with Gasteiger partial charge >= 0.3 is 0 Å². The fourth-order valence-corrected chi connectivity index (χ4v) is 2.87. The normalized spacial score (nSPS) is 18.2. The smallest absolute Gasteiger partial charge is 0.0524 e. The lowest BCUT2D eigenvalue weighted by Crippen LogP contribution is -2.11. The molecule has 1 heterocycles. The highest BCUT2D eigenvalue weighted by molar-refractivity contribution is 5.17. The molecule has 2 rings (SSSR count). The minimum atomic E-state index is 0.643. The molecule has 1 aliphatic carbocycles. The molecule has 96 valence electrons. The molecule has 2 N–H and O–H groups in total. The van der Waals surface area contributed by atoms with Crippen LogP contribution in [-0.4, -0.2) is 16.3 Å². The van der Waals surface area contributed by atoms with Crippen molar-refractivity contribution in [1.29, 1.82) is 0 Å². The first kappa shape index (κ1) is 12.6. The van der Waals surface area contributed by atoms with E-state index in [1.807, 2.05) is 0 Å². The van der Waals surface area contributed by atoms with Crippen LogP contribution in [0.4, 0.5) is 0 Å². The lowest BCUT2D eigenvalue weighted by Gasteiger charge is -2.17. The van der Waals surface area contributed by atoms with Crippen molar-refractivity contribution in [2.45, 2.75) is 64.3 Å². The molecule has 0 unspecified atom stereocenters. The van der Waals surface area contributed by atoms with Crippen molar-refractivity contribution >= 4 is 0 Å². The van der Waals surface area contributed by atoms with Gasteiger partial charge in [0.25, 0.3) is 0 Å². The molecule has 0 bridgehead atoms. The molecule has 3 heteroatoms. The average Bonchev–Trinajstić information content (AvgIpc) is 2.58. The Balaban J connectivity index is 2.06. The molecule has 3 nitrogen and oxygen atoms in total. The van der Waals surface area contributed by atoms with Gasteiger partial charge in [0.05, 0.1) is 12.2 Å². The maximum absolute atomic E-state index is 5.57. The highest BCUT2D eigenvalue weighted by Crippen LogP contribution is 2.28. The summed E-state index contributed by atoms with van der Waals surface area (Å²) in [5.41, 5.74) is 8.32. The molecular formula is C14H25N3. The van der Waals surface area contributed by atoms with Gasteiger partial charge in [-0.15, -0.1) is 0 Å². The fourth-order valence-electron chi connectivity index (χ4n) is 2.87. The predicted octanol–water partition coefficient (Wildman–Crippen LogP) is 2.98. The third-order valence-electron chi connectivity index (χ3n) is 3.97. The van der Waals surface area contributed by atoms with Crippen LogP contribution in [0.1, 0.15) is 62.2 Å². The van der Waals surface area contributed by atoms with E-state index in [2.05, 4.69) is 22.9 Å². The highest BCUT2D eigenvalue weighted by atomic mass is 15.3. The molecule has 1 fully saturated rings. The van der Waals surface area contributed by atoms with Gasteiger partial charge in [0.15, 0.2) is 0 Å². The van der Waals surface area contributed by atoms with Gasteiger partial charge < -0.3 is 5.73 Å². The maximum Gasteiger partial charge on any atom is 0.0524 e. The fraction of sp³-hybridized carbons (Fsp3) is 0.786. The molecule has 1 aliphatic rings. The van der Waals surface area contributed by atoms with Crippen LogP contribution >= 0.6 is 0 Å². The average molecular weight is 235 g/mol. The SMILES string of the molecule is Cc1c(CCCN)cnn1C1CCCCCC1. The van der Waals surface area contributed by atoms with E-state index in [0.717, 1.165) is 19.4 Å². The first-order valence-corrected chi connectivity index (χ1v) is 7.06. The van der Waals surface area contributed by atoms with Crippen LogP contribution in [0.15, 0.2) is 6.20 Å². The Morgan fingerprint density at radius 3 is 2.65 bits per heavy atom. The second-order valence-corrected chi connectivity index (χ2v) is 5.24. The topological polar surface area (TPSA) is 43.8 Å². The van der Waals surface area contributed by atoms with Gasteiger partial charge in [-0.3, -0.25) is 4.68 Å². The zero-order valence-corrected chi connectivity index (χ0v) is 11.0. The molecule has 17 heavy (non-hydrogen) atoms. The van der Waals surface area contributed by atoms with Crippen LogP contribution in [0.25, 0.3) is 0 Å². The second-order valence-electron chi connectivity index (χ2n) is 5.24. The molecule has 0 amide bonds. The van der Waals surface area contributed by atoms with Gasteiger partial charge in [-0.2, -0.15) is 5.10 Å². The maximum atomic E-state index is 5.57. The van der Waals surface area contributed by atoms with Crippen molar-refractivity contribution in [2.24, 2.45) is 5.73 Å². The Morgan fingerprint density at radius 2 is 2.00 bits per heavy atom. The summed E-state index contributed by atoms with van der Waals surface area (Å²) >= 11 is 0. The first-order valence-electron chi connectivity index (χ1n) is 7.06. The molecule has 0 radical (unpaired) electrons. The Hall–Kier alpha value is -0.830. The number of rotatable bonds is 4. The number of aryl methyl sites for hydroxylation is 1. The third kappa shape index (κ3) is 3.09.